The molecule has 33 heavy (non-hydrogen) atoms. The van der Waals surface area contributed by atoms with E-state index in [-0.39, 0.29) is 18.0 Å². The predicted molar refractivity (Wildman–Crippen MR) is 125 cm³/mol. The molecule has 1 saturated heterocycles. The second-order valence-corrected chi connectivity index (χ2v) is 8.60. The number of carbonyl (C=O) groups excluding carboxylic acids is 1. The molecular formula is C25H26FN5O2. The quantitative estimate of drug-likeness (QED) is 0.596. The molecule has 5 rings (SSSR count). The monoisotopic (exact) mass is 447 g/mol. The van der Waals surface area contributed by atoms with Crippen LogP contribution < -0.4 is 14.5 Å². The number of hydrogen-bond acceptors (Lipinski definition) is 6. The van der Waals surface area contributed by atoms with Crippen LogP contribution in [-0.2, 0) is 6.54 Å². The third-order valence-corrected chi connectivity index (χ3v) is 6.49. The van der Waals surface area contributed by atoms with Gasteiger partial charge in [-0.3, -0.25) is 14.7 Å². The zero-order valence-corrected chi connectivity index (χ0v) is 19.0. The highest BCUT2D eigenvalue weighted by molar-refractivity contribution is 6.10. The summed E-state index contributed by atoms with van der Waals surface area (Å²) in [5.74, 6) is 1.21. The lowest BCUT2D eigenvalue weighted by Crippen LogP contribution is -2.32. The van der Waals surface area contributed by atoms with E-state index in [2.05, 4.69) is 28.9 Å². The Morgan fingerprint density at radius 2 is 1.91 bits per heavy atom. The van der Waals surface area contributed by atoms with Gasteiger partial charge in [0.15, 0.2) is 0 Å². The van der Waals surface area contributed by atoms with Crippen LogP contribution in [0.4, 0.5) is 16.0 Å². The number of hydrogen-bond donors (Lipinski definition) is 0. The normalized spacial score (nSPS) is 17.7. The van der Waals surface area contributed by atoms with Crippen molar-refractivity contribution < 1.29 is 13.9 Å². The first-order valence-electron chi connectivity index (χ1n) is 11.0. The zero-order chi connectivity index (χ0) is 23.1. The van der Waals surface area contributed by atoms with Crippen LogP contribution in [0.25, 0.3) is 11.3 Å². The predicted octanol–water partition coefficient (Wildman–Crippen LogP) is 3.59. The second kappa shape index (κ2) is 8.44. The Bertz CT molecular complexity index is 1220. The van der Waals surface area contributed by atoms with E-state index in [4.69, 9.17) is 9.72 Å². The van der Waals surface area contributed by atoms with Crippen molar-refractivity contribution in [3.05, 3.63) is 65.6 Å². The highest BCUT2D eigenvalue weighted by Crippen LogP contribution is 2.38. The van der Waals surface area contributed by atoms with E-state index < -0.39 is 5.82 Å². The first kappa shape index (κ1) is 21.3. The van der Waals surface area contributed by atoms with Crippen molar-refractivity contribution in [1.82, 2.24) is 14.9 Å². The summed E-state index contributed by atoms with van der Waals surface area (Å²) in [5.41, 5.74) is 1.86. The molecule has 3 aromatic rings. The number of carbonyl (C=O) groups is 1. The number of pyridine rings is 2. The molecular weight excluding hydrogens is 421 g/mol. The minimum Gasteiger partial charge on any atom is -0.496 e. The number of halogens is 1. The van der Waals surface area contributed by atoms with Gasteiger partial charge < -0.3 is 14.5 Å². The van der Waals surface area contributed by atoms with Gasteiger partial charge in [-0.15, -0.1) is 0 Å². The maximum atomic E-state index is 14.8. The van der Waals surface area contributed by atoms with Gasteiger partial charge >= 0.3 is 0 Å². The average molecular weight is 448 g/mol. The number of ether oxygens (including phenoxy) is 1. The summed E-state index contributed by atoms with van der Waals surface area (Å²) in [6, 6.07) is 12.6. The Labute approximate surface area is 192 Å². The fourth-order valence-electron chi connectivity index (χ4n) is 4.64. The van der Waals surface area contributed by atoms with Crippen LogP contribution in [0, 0.1) is 5.82 Å². The maximum Gasteiger partial charge on any atom is 0.260 e. The fraction of sp³-hybridized carbons (Fsp3) is 0.320. The molecule has 1 atom stereocenters. The summed E-state index contributed by atoms with van der Waals surface area (Å²) in [4.78, 5) is 28.7. The molecule has 0 aliphatic carbocycles. The van der Waals surface area contributed by atoms with E-state index in [0.29, 0.717) is 34.4 Å². The number of likely N-dealkylation sites (N-methyl/N-ethyl adjacent to an activating group) is 1. The highest BCUT2D eigenvalue weighted by Gasteiger charge is 2.34. The first-order chi connectivity index (χ1) is 16.0. The lowest BCUT2D eigenvalue weighted by Gasteiger charge is -2.22. The number of nitrogens with zero attached hydrogens (tertiary/aromatic N) is 5. The van der Waals surface area contributed by atoms with Gasteiger partial charge in [0.05, 0.1) is 24.9 Å². The Morgan fingerprint density at radius 3 is 2.67 bits per heavy atom. The molecule has 2 aromatic heterocycles. The number of benzene rings is 1. The molecule has 2 aliphatic heterocycles. The molecule has 0 N–H and O–H groups in total. The molecule has 0 bridgehead atoms. The smallest absolute Gasteiger partial charge is 0.260 e. The van der Waals surface area contributed by atoms with E-state index in [1.165, 1.54) is 19.4 Å². The zero-order valence-electron chi connectivity index (χ0n) is 19.0. The lowest BCUT2D eigenvalue weighted by atomic mass is 10.0. The highest BCUT2D eigenvalue weighted by atomic mass is 19.1. The molecule has 8 heteroatoms. The van der Waals surface area contributed by atoms with Gasteiger partial charge in [-0.05, 0) is 50.8 Å². The summed E-state index contributed by atoms with van der Waals surface area (Å²) >= 11 is 0. The van der Waals surface area contributed by atoms with Crippen LogP contribution in [0.2, 0.25) is 0 Å². The van der Waals surface area contributed by atoms with Gasteiger partial charge in [0.2, 0.25) is 0 Å². The molecule has 7 nitrogen and oxygen atoms in total. The van der Waals surface area contributed by atoms with E-state index >= 15 is 0 Å². The Morgan fingerprint density at radius 1 is 1.12 bits per heavy atom. The van der Waals surface area contributed by atoms with Gasteiger partial charge in [0.1, 0.15) is 23.2 Å². The second-order valence-electron chi connectivity index (χ2n) is 8.60. The number of fused-ring (bicyclic) bond motifs is 1. The molecule has 1 amide bonds. The topological polar surface area (TPSA) is 61.8 Å². The summed E-state index contributed by atoms with van der Waals surface area (Å²) in [6.45, 7) is 2.10. The van der Waals surface area contributed by atoms with E-state index in [9.17, 15) is 9.18 Å². The SMILES string of the molecule is COc1cccc(F)c1-c1nccc2c1CN(c1cccc(N3CCC(N(C)C)C3)n1)C2=O. The number of aromatic nitrogens is 2. The van der Waals surface area contributed by atoms with Gasteiger partial charge in [0.25, 0.3) is 5.91 Å². The molecule has 170 valence electrons. The average Bonchev–Trinajstić information content (AvgIpc) is 3.45. The van der Waals surface area contributed by atoms with Crippen LogP contribution in [-0.4, -0.2) is 61.1 Å². The van der Waals surface area contributed by atoms with Crippen molar-refractivity contribution in [1.29, 1.82) is 0 Å². The molecule has 1 fully saturated rings. The summed E-state index contributed by atoms with van der Waals surface area (Å²) < 4.78 is 20.2. The number of amides is 1. The third-order valence-electron chi connectivity index (χ3n) is 6.49. The van der Waals surface area contributed by atoms with Crippen LogP contribution in [0.15, 0.2) is 48.7 Å². The van der Waals surface area contributed by atoms with E-state index in [0.717, 1.165) is 25.3 Å². The first-order valence-corrected chi connectivity index (χ1v) is 11.0. The van der Waals surface area contributed by atoms with Crippen molar-refractivity contribution in [2.75, 3.05) is 44.1 Å². The van der Waals surface area contributed by atoms with Gasteiger partial charge in [-0.2, -0.15) is 0 Å². The van der Waals surface area contributed by atoms with Crippen molar-refractivity contribution in [2.45, 2.75) is 19.0 Å². The van der Waals surface area contributed by atoms with Gasteiger partial charge in [-0.1, -0.05) is 12.1 Å². The number of anilines is 2. The molecule has 0 radical (unpaired) electrons. The maximum absolute atomic E-state index is 14.8. The molecule has 0 spiro atoms. The third kappa shape index (κ3) is 3.70. The van der Waals surface area contributed by atoms with Gasteiger partial charge in [-0.25, -0.2) is 9.37 Å². The summed E-state index contributed by atoms with van der Waals surface area (Å²) in [5, 5.41) is 0. The van der Waals surface area contributed by atoms with Crippen molar-refractivity contribution >= 4 is 17.5 Å². The fourth-order valence-corrected chi connectivity index (χ4v) is 4.64. The summed E-state index contributed by atoms with van der Waals surface area (Å²) in [6.07, 6.45) is 2.61. The van der Waals surface area contributed by atoms with Crippen molar-refractivity contribution in [3.8, 4) is 17.0 Å². The van der Waals surface area contributed by atoms with Crippen molar-refractivity contribution in [3.63, 3.8) is 0 Å². The van der Waals surface area contributed by atoms with Crippen LogP contribution in [0.3, 0.4) is 0 Å². The standard InChI is InChI=1S/C25H26FN5O2/c1-29(2)16-11-13-30(14-16)21-8-5-9-22(28-21)31-15-18-17(25(31)32)10-12-27-24(18)23-19(26)6-4-7-20(23)33-3/h4-10,12,16H,11,13-15H2,1-3H3. The Balaban J connectivity index is 1.48. The molecule has 1 unspecified atom stereocenters. The van der Waals surface area contributed by atoms with Gasteiger partial charge in [0, 0.05) is 36.5 Å². The Hall–Kier alpha value is -3.52. The molecule has 4 heterocycles. The number of methoxy groups -OCH3 is 1. The lowest BCUT2D eigenvalue weighted by molar-refractivity contribution is 0.0996. The van der Waals surface area contributed by atoms with Crippen LogP contribution in [0.5, 0.6) is 5.75 Å². The van der Waals surface area contributed by atoms with Crippen LogP contribution >= 0.6 is 0 Å². The van der Waals surface area contributed by atoms with E-state index in [1.54, 1.807) is 23.1 Å². The minimum absolute atomic E-state index is 0.166. The van der Waals surface area contributed by atoms with Crippen LogP contribution in [0.1, 0.15) is 22.3 Å². The minimum atomic E-state index is -0.439. The largest absolute Gasteiger partial charge is 0.496 e. The Kier molecular flexibility index (Phi) is 5.46. The molecule has 0 saturated carbocycles. The van der Waals surface area contributed by atoms with E-state index in [1.807, 2.05) is 18.2 Å². The summed E-state index contributed by atoms with van der Waals surface area (Å²) in [7, 11) is 5.68. The molecule has 1 aromatic carbocycles. The molecule has 2 aliphatic rings. The number of rotatable bonds is 5. The van der Waals surface area contributed by atoms with Crippen molar-refractivity contribution in [2.24, 2.45) is 0 Å².